The first-order valence-electron chi connectivity index (χ1n) is 8.66. The zero-order valence-corrected chi connectivity index (χ0v) is 16.3. The second-order valence-corrected chi connectivity index (χ2v) is 7.44. The molecule has 0 unspecified atom stereocenters. The molecular formula is C20H20N4O2S. The van der Waals surface area contributed by atoms with Crippen molar-refractivity contribution in [3.8, 4) is 5.75 Å². The largest absolute Gasteiger partial charge is 0.484 e. The van der Waals surface area contributed by atoms with E-state index in [-0.39, 0.29) is 6.61 Å². The summed E-state index contributed by atoms with van der Waals surface area (Å²) in [7, 11) is 0. The smallest absolute Gasteiger partial charge is 0.277 e. The van der Waals surface area contributed by atoms with Crippen LogP contribution < -0.4 is 4.74 Å². The van der Waals surface area contributed by atoms with E-state index >= 15 is 0 Å². The van der Waals surface area contributed by atoms with Gasteiger partial charge in [-0.15, -0.1) is 10.2 Å². The van der Waals surface area contributed by atoms with Crippen molar-refractivity contribution in [3.05, 3.63) is 71.0 Å². The zero-order chi connectivity index (χ0) is 18.8. The van der Waals surface area contributed by atoms with Gasteiger partial charge >= 0.3 is 0 Å². The number of aryl methyl sites for hydroxylation is 3. The summed E-state index contributed by atoms with van der Waals surface area (Å²) in [6.07, 6.45) is 4.09. The molecule has 0 saturated carbocycles. The molecule has 0 atom stereocenters. The summed E-state index contributed by atoms with van der Waals surface area (Å²) < 4.78 is 13.5. The van der Waals surface area contributed by atoms with Gasteiger partial charge in [0.15, 0.2) is 6.61 Å². The highest BCUT2D eigenvalue weighted by Crippen LogP contribution is 2.23. The van der Waals surface area contributed by atoms with Crippen LogP contribution in [-0.4, -0.2) is 19.6 Å². The predicted octanol–water partition coefficient (Wildman–Crippen LogP) is 4.51. The minimum Gasteiger partial charge on any atom is -0.484 e. The third kappa shape index (κ3) is 4.14. The quantitative estimate of drug-likeness (QED) is 0.459. The highest BCUT2D eigenvalue weighted by Gasteiger charge is 2.10. The summed E-state index contributed by atoms with van der Waals surface area (Å²) >= 11 is 1.47. The molecule has 0 amide bonds. The Kier molecular flexibility index (Phi) is 4.85. The molecule has 1 aromatic carbocycles. The van der Waals surface area contributed by atoms with Crippen molar-refractivity contribution in [3.63, 3.8) is 0 Å². The molecule has 7 heteroatoms. The van der Waals surface area contributed by atoms with E-state index in [0.29, 0.717) is 16.9 Å². The second-order valence-electron chi connectivity index (χ2n) is 6.51. The molecule has 0 spiro atoms. The van der Waals surface area contributed by atoms with E-state index in [2.05, 4.69) is 40.4 Å². The molecule has 4 aromatic rings. The van der Waals surface area contributed by atoms with E-state index in [0.717, 1.165) is 28.2 Å². The van der Waals surface area contributed by atoms with Gasteiger partial charge in [0.25, 0.3) is 11.1 Å². The number of benzene rings is 1. The fourth-order valence-corrected chi connectivity index (χ4v) is 3.38. The lowest BCUT2D eigenvalue weighted by Crippen LogP contribution is -1.97. The first-order valence-corrected chi connectivity index (χ1v) is 9.65. The average Bonchev–Trinajstić information content (AvgIpc) is 3.26. The molecule has 0 N–H and O–H groups in total. The van der Waals surface area contributed by atoms with Crippen molar-refractivity contribution in [2.75, 3.05) is 0 Å². The lowest BCUT2D eigenvalue weighted by atomic mass is 10.1. The summed E-state index contributed by atoms with van der Waals surface area (Å²) in [5.74, 6) is 1.96. The van der Waals surface area contributed by atoms with Gasteiger partial charge in [-0.1, -0.05) is 30.0 Å². The van der Waals surface area contributed by atoms with Gasteiger partial charge in [-0.3, -0.25) is 0 Å². The van der Waals surface area contributed by atoms with Crippen LogP contribution in [0, 0.1) is 20.8 Å². The number of fused-ring (bicyclic) bond motifs is 1. The Morgan fingerprint density at radius 3 is 2.78 bits per heavy atom. The van der Waals surface area contributed by atoms with E-state index in [4.69, 9.17) is 9.15 Å². The maximum absolute atomic E-state index is 5.81. The highest BCUT2D eigenvalue weighted by molar-refractivity contribution is 7.98. The Morgan fingerprint density at radius 1 is 1.04 bits per heavy atom. The lowest BCUT2D eigenvalue weighted by molar-refractivity contribution is 0.250. The average molecular weight is 380 g/mol. The summed E-state index contributed by atoms with van der Waals surface area (Å²) in [4.78, 5) is 4.60. The number of rotatable bonds is 6. The summed E-state index contributed by atoms with van der Waals surface area (Å²) in [5.41, 5.74) is 5.34. The van der Waals surface area contributed by atoms with Crippen LogP contribution >= 0.6 is 11.8 Å². The molecule has 0 aliphatic rings. The Hall–Kier alpha value is -2.80. The molecule has 3 heterocycles. The van der Waals surface area contributed by atoms with Gasteiger partial charge in [-0.2, -0.15) is 0 Å². The fourth-order valence-electron chi connectivity index (χ4n) is 2.72. The van der Waals surface area contributed by atoms with Gasteiger partial charge in [0, 0.05) is 18.1 Å². The number of nitrogens with zero attached hydrogens (tertiary/aromatic N) is 4. The minimum atomic E-state index is 0.255. The first kappa shape index (κ1) is 17.6. The molecule has 138 valence electrons. The van der Waals surface area contributed by atoms with Crippen molar-refractivity contribution in [1.82, 2.24) is 19.6 Å². The number of pyridine rings is 1. The van der Waals surface area contributed by atoms with E-state index < -0.39 is 0 Å². The summed E-state index contributed by atoms with van der Waals surface area (Å²) in [6, 6.07) is 10.2. The van der Waals surface area contributed by atoms with Gasteiger partial charge in [-0.05, 0) is 49.6 Å². The van der Waals surface area contributed by atoms with Crippen LogP contribution in [0.25, 0.3) is 5.65 Å². The minimum absolute atomic E-state index is 0.255. The zero-order valence-electron chi connectivity index (χ0n) is 15.5. The van der Waals surface area contributed by atoms with Crippen LogP contribution in [0.5, 0.6) is 5.75 Å². The van der Waals surface area contributed by atoms with Crippen molar-refractivity contribution >= 4 is 17.4 Å². The monoisotopic (exact) mass is 380 g/mol. The Labute approximate surface area is 161 Å². The molecule has 27 heavy (non-hydrogen) atoms. The lowest BCUT2D eigenvalue weighted by Gasteiger charge is -2.07. The maximum atomic E-state index is 5.81. The van der Waals surface area contributed by atoms with Crippen molar-refractivity contribution in [2.24, 2.45) is 0 Å². The first-order chi connectivity index (χ1) is 13.1. The number of hydrogen-bond acceptors (Lipinski definition) is 6. The van der Waals surface area contributed by atoms with Gasteiger partial charge < -0.3 is 13.6 Å². The Bertz CT molecular complexity index is 1090. The van der Waals surface area contributed by atoms with Crippen LogP contribution in [-0.2, 0) is 12.4 Å². The summed E-state index contributed by atoms with van der Waals surface area (Å²) in [5, 5.41) is 8.66. The van der Waals surface area contributed by atoms with Gasteiger partial charge in [0.1, 0.15) is 11.4 Å². The van der Waals surface area contributed by atoms with E-state index in [1.54, 1.807) is 0 Å². The van der Waals surface area contributed by atoms with Gasteiger partial charge in [0.05, 0.1) is 5.69 Å². The topological polar surface area (TPSA) is 65.5 Å². The van der Waals surface area contributed by atoms with E-state index in [1.165, 1.54) is 17.3 Å². The van der Waals surface area contributed by atoms with Crippen LogP contribution in [0.1, 0.15) is 28.3 Å². The van der Waals surface area contributed by atoms with Crippen molar-refractivity contribution in [1.29, 1.82) is 0 Å². The van der Waals surface area contributed by atoms with Gasteiger partial charge in [0.2, 0.25) is 0 Å². The number of imidazole rings is 1. The number of aromatic nitrogens is 4. The van der Waals surface area contributed by atoms with Crippen LogP contribution in [0.3, 0.4) is 0 Å². The molecule has 0 bridgehead atoms. The molecule has 0 radical (unpaired) electrons. The van der Waals surface area contributed by atoms with Crippen molar-refractivity contribution in [2.45, 2.75) is 38.4 Å². The molecule has 4 rings (SSSR count). The van der Waals surface area contributed by atoms with Crippen LogP contribution in [0.2, 0.25) is 0 Å². The predicted molar refractivity (Wildman–Crippen MR) is 104 cm³/mol. The highest BCUT2D eigenvalue weighted by atomic mass is 32.2. The molecule has 0 aliphatic heterocycles. The number of ether oxygens (including phenoxy) is 1. The molecule has 0 fully saturated rings. The molecule has 3 aromatic heterocycles. The third-order valence-electron chi connectivity index (χ3n) is 4.14. The third-order valence-corrected chi connectivity index (χ3v) is 4.99. The number of hydrogen-bond donors (Lipinski definition) is 0. The maximum Gasteiger partial charge on any atom is 0.277 e. The molecule has 6 nitrogen and oxygen atoms in total. The normalized spacial score (nSPS) is 11.2. The van der Waals surface area contributed by atoms with E-state index in [1.807, 2.05) is 42.6 Å². The van der Waals surface area contributed by atoms with Gasteiger partial charge in [-0.25, -0.2) is 4.98 Å². The molecule has 0 aliphatic carbocycles. The van der Waals surface area contributed by atoms with E-state index in [9.17, 15) is 0 Å². The SMILES string of the molecule is Cc1ccc(C)c(OCc2nnc(SCc3cn4cc(C)ccc4n3)o2)c1. The van der Waals surface area contributed by atoms with Crippen LogP contribution in [0.15, 0.2) is 52.4 Å². The van der Waals surface area contributed by atoms with Crippen molar-refractivity contribution < 1.29 is 9.15 Å². The summed E-state index contributed by atoms with van der Waals surface area (Å²) in [6.45, 7) is 6.37. The van der Waals surface area contributed by atoms with Crippen LogP contribution in [0.4, 0.5) is 0 Å². The molecule has 0 saturated heterocycles. The number of thioether (sulfide) groups is 1. The fraction of sp³-hybridized carbons (Fsp3) is 0.250. The Balaban J connectivity index is 1.36. The standard InChI is InChI=1S/C20H20N4O2S/c1-13-4-6-15(3)17(8-13)25-11-19-22-23-20(26-19)27-12-16-10-24-9-14(2)5-7-18(24)21-16/h4-10H,11-12H2,1-3H3. The second kappa shape index (κ2) is 7.44. The molecular weight excluding hydrogens is 360 g/mol. The Morgan fingerprint density at radius 2 is 1.89 bits per heavy atom.